The topological polar surface area (TPSA) is 86.5 Å². The fourth-order valence-electron chi connectivity index (χ4n) is 1.95. The number of hydrogen-bond donors (Lipinski definition) is 2. The van der Waals surface area contributed by atoms with Crippen molar-refractivity contribution in [2.45, 2.75) is 0 Å². The molecule has 3 rings (SSSR count). The van der Waals surface area contributed by atoms with Crippen LogP contribution in [0, 0.1) is 23.0 Å². The van der Waals surface area contributed by atoms with Gasteiger partial charge in [-0.25, -0.2) is 8.78 Å². The highest BCUT2D eigenvalue weighted by atomic mass is 19.2. The smallest absolute Gasteiger partial charge is 0.249 e. The average Bonchev–Trinajstić information content (AvgIpc) is 2.59. The molecule has 2 N–H and O–H groups in total. The molecule has 0 atom stereocenters. The summed E-state index contributed by atoms with van der Waals surface area (Å²) < 4.78 is 26.2. The monoisotopic (exact) mass is 324 g/mol. The lowest BCUT2D eigenvalue weighted by atomic mass is 10.2. The van der Waals surface area contributed by atoms with Gasteiger partial charge in [0.25, 0.3) is 0 Å². The van der Waals surface area contributed by atoms with Crippen molar-refractivity contribution in [3.8, 4) is 6.07 Å². The molecule has 0 saturated heterocycles. The Morgan fingerprint density at radius 2 is 1.83 bits per heavy atom. The second kappa shape index (κ2) is 6.66. The lowest BCUT2D eigenvalue weighted by Crippen LogP contribution is -2.03. The summed E-state index contributed by atoms with van der Waals surface area (Å²) in [5.41, 5.74) is 1.30. The fourth-order valence-corrected chi connectivity index (χ4v) is 1.95. The lowest BCUT2D eigenvalue weighted by Gasteiger charge is -2.08. The number of anilines is 4. The highest BCUT2D eigenvalue weighted by Crippen LogP contribution is 2.20. The van der Waals surface area contributed by atoms with Crippen molar-refractivity contribution in [3.63, 3.8) is 0 Å². The highest BCUT2D eigenvalue weighted by Gasteiger charge is 2.07. The molecule has 118 valence electrons. The van der Waals surface area contributed by atoms with Crippen molar-refractivity contribution >= 4 is 23.1 Å². The van der Waals surface area contributed by atoms with E-state index in [0.29, 0.717) is 17.1 Å². The van der Waals surface area contributed by atoms with Crippen LogP contribution in [0.25, 0.3) is 0 Å². The number of halogens is 2. The summed E-state index contributed by atoms with van der Waals surface area (Å²) in [5.74, 6) is -1.48. The third-order valence-corrected chi connectivity index (χ3v) is 3.04. The minimum absolute atomic E-state index is 0.0976. The van der Waals surface area contributed by atoms with Crippen LogP contribution in [-0.4, -0.2) is 15.2 Å². The van der Waals surface area contributed by atoms with Crippen LogP contribution in [0.15, 0.2) is 48.7 Å². The van der Waals surface area contributed by atoms with Crippen LogP contribution in [0.5, 0.6) is 0 Å². The number of hydrogen-bond acceptors (Lipinski definition) is 6. The largest absolute Gasteiger partial charge is 0.338 e. The molecule has 0 aliphatic heterocycles. The minimum atomic E-state index is -0.981. The van der Waals surface area contributed by atoms with Gasteiger partial charge in [-0.3, -0.25) is 0 Å². The zero-order valence-electron chi connectivity index (χ0n) is 12.2. The van der Waals surface area contributed by atoms with E-state index in [9.17, 15) is 8.78 Å². The van der Waals surface area contributed by atoms with Crippen LogP contribution in [0.3, 0.4) is 0 Å². The molecular weight excluding hydrogens is 314 g/mol. The van der Waals surface area contributed by atoms with Crippen LogP contribution >= 0.6 is 0 Å². The molecule has 0 spiro atoms. The molecule has 8 heteroatoms. The number of nitrogens with zero attached hydrogens (tertiary/aromatic N) is 4. The first-order valence-corrected chi connectivity index (χ1v) is 6.83. The zero-order valence-corrected chi connectivity index (χ0v) is 12.2. The number of benzene rings is 2. The highest BCUT2D eigenvalue weighted by molar-refractivity contribution is 5.64. The molecule has 0 fully saturated rings. The normalized spacial score (nSPS) is 10.0. The van der Waals surface area contributed by atoms with Gasteiger partial charge in [0.15, 0.2) is 17.5 Å². The van der Waals surface area contributed by atoms with Crippen LogP contribution in [0.2, 0.25) is 0 Å². The van der Waals surface area contributed by atoms with Gasteiger partial charge in [0.1, 0.15) is 6.07 Å². The van der Waals surface area contributed by atoms with E-state index in [1.54, 1.807) is 24.3 Å². The maximum Gasteiger partial charge on any atom is 0.249 e. The molecule has 0 radical (unpaired) electrons. The minimum Gasteiger partial charge on any atom is -0.338 e. The van der Waals surface area contributed by atoms with Gasteiger partial charge >= 0.3 is 0 Å². The Bertz CT molecular complexity index is 922. The summed E-state index contributed by atoms with van der Waals surface area (Å²) >= 11 is 0. The second-order valence-corrected chi connectivity index (χ2v) is 4.70. The Morgan fingerprint density at radius 1 is 1.00 bits per heavy atom. The maximum atomic E-state index is 13.2. The van der Waals surface area contributed by atoms with Gasteiger partial charge in [0, 0.05) is 11.8 Å². The molecule has 0 bridgehead atoms. The van der Waals surface area contributed by atoms with Crippen molar-refractivity contribution in [1.82, 2.24) is 15.2 Å². The first-order chi connectivity index (χ1) is 11.7. The molecule has 0 aliphatic carbocycles. The molecule has 2 aromatic carbocycles. The number of nitriles is 1. The molecule has 1 heterocycles. The quantitative estimate of drug-likeness (QED) is 0.764. The van der Waals surface area contributed by atoms with E-state index in [1.165, 1.54) is 12.3 Å². The predicted octanol–water partition coefficient (Wildman–Crippen LogP) is 3.51. The fraction of sp³-hybridized carbons (Fsp3) is 0. The molecule has 0 unspecified atom stereocenters. The van der Waals surface area contributed by atoms with Crippen LogP contribution in [-0.2, 0) is 0 Å². The molecular formula is C16H10F2N6. The molecule has 0 aliphatic rings. The van der Waals surface area contributed by atoms with E-state index in [2.05, 4.69) is 31.9 Å². The summed E-state index contributed by atoms with van der Waals surface area (Å²) in [6.07, 6.45) is 1.38. The molecule has 0 saturated carbocycles. The standard InChI is InChI=1S/C16H10F2N6/c17-12-6-5-11(7-13(12)18)21-16-23-15(9-20-24-16)22-14-4-2-1-3-10(14)8-19/h1-7,9H,(H2,21,22,23,24). The van der Waals surface area contributed by atoms with Gasteiger partial charge < -0.3 is 10.6 Å². The summed E-state index contributed by atoms with van der Waals surface area (Å²) in [7, 11) is 0. The number of para-hydroxylation sites is 1. The lowest BCUT2D eigenvalue weighted by molar-refractivity contribution is 0.509. The van der Waals surface area contributed by atoms with E-state index in [0.717, 1.165) is 12.1 Å². The Labute approximate surface area is 135 Å². The molecule has 0 amide bonds. The Kier molecular flexibility index (Phi) is 4.25. The van der Waals surface area contributed by atoms with Gasteiger partial charge in [-0.1, -0.05) is 12.1 Å². The van der Waals surface area contributed by atoms with Gasteiger partial charge in [-0.15, -0.1) is 5.10 Å². The van der Waals surface area contributed by atoms with Crippen molar-refractivity contribution in [3.05, 3.63) is 65.9 Å². The summed E-state index contributed by atoms with van der Waals surface area (Å²) in [5, 5.41) is 22.3. The van der Waals surface area contributed by atoms with Crippen LogP contribution in [0.1, 0.15) is 5.56 Å². The third kappa shape index (κ3) is 3.41. The Balaban J connectivity index is 1.81. The van der Waals surface area contributed by atoms with Gasteiger partial charge in [-0.05, 0) is 24.3 Å². The zero-order chi connectivity index (χ0) is 16.9. The molecule has 24 heavy (non-hydrogen) atoms. The third-order valence-electron chi connectivity index (χ3n) is 3.04. The summed E-state index contributed by atoms with van der Waals surface area (Å²) in [4.78, 5) is 4.17. The second-order valence-electron chi connectivity index (χ2n) is 4.70. The number of nitrogens with one attached hydrogen (secondary N) is 2. The van der Waals surface area contributed by atoms with E-state index < -0.39 is 11.6 Å². The predicted molar refractivity (Wildman–Crippen MR) is 83.9 cm³/mol. The number of aromatic nitrogens is 3. The maximum absolute atomic E-state index is 13.2. The van der Waals surface area contributed by atoms with Crippen LogP contribution < -0.4 is 10.6 Å². The van der Waals surface area contributed by atoms with Gasteiger partial charge in [0.2, 0.25) is 5.95 Å². The molecule has 3 aromatic rings. The van der Waals surface area contributed by atoms with Gasteiger partial charge in [0.05, 0.1) is 17.4 Å². The summed E-state index contributed by atoms with van der Waals surface area (Å²) in [6, 6.07) is 12.3. The average molecular weight is 324 g/mol. The van der Waals surface area contributed by atoms with E-state index in [1.807, 2.05) is 0 Å². The van der Waals surface area contributed by atoms with Gasteiger partial charge in [-0.2, -0.15) is 15.3 Å². The Morgan fingerprint density at radius 3 is 2.62 bits per heavy atom. The van der Waals surface area contributed by atoms with E-state index in [4.69, 9.17) is 5.26 Å². The first kappa shape index (κ1) is 15.3. The van der Waals surface area contributed by atoms with Crippen molar-refractivity contribution in [2.24, 2.45) is 0 Å². The van der Waals surface area contributed by atoms with Crippen LogP contribution in [0.4, 0.5) is 31.9 Å². The van der Waals surface area contributed by atoms with E-state index in [-0.39, 0.29) is 11.6 Å². The van der Waals surface area contributed by atoms with Crippen molar-refractivity contribution in [1.29, 1.82) is 5.26 Å². The SMILES string of the molecule is N#Cc1ccccc1Nc1cnnc(Nc2ccc(F)c(F)c2)n1. The Hall–Kier alpha value is -3.60. The molecule has 1 aromatic heterocycles. The van der Waals surface area contributed by atoms with Crippen molar-refractivity contribution in [2.75, 3.05) is 10.6 Å². The van der Waals surface area contributed by atoms with Crippen molar-refractivity contribution < 1.29 is 8.78 Å². The first-order valence-electron chi connectivity index (χ1n) is 6.83. The summed E-state index contributed by atoms with van der Waals surface area (Å²) in [6.45, 7) is 0. The molecule has 6 nitrogen and oxygen atoms in total. The van der Waals surface area contributed by atoms with E-state index >= 15 is 0 Å². The number of rotatable bonds is 4.